The highest BCUT2D eigenvalue weighted by Crippen LogP contribution is 2.24. The van der Waals surface area contributed by atoms with E-state index < -0.39 is 5.82 Å². The van der Waals surface area contributed by atoms with Crippen molar-refractivity contribution in [2.24, 2.45) is 5.92 Å². The first-order valence-electron chi connectivity index (χ1n) is 6.44. The summed E-state index contributed by atoms with van der Waals surface area (Å²) in [5.41, 5.74) is 0. The molecule has 0 unspecified atom stereocenters. The van der Waals surface area contributed by atoms with E-state index in [0.29, 0.717) is 18.9 Å². The summed E-state index contributed by atoms with van der Waals surface area (Å²) in [6.07, 6.45) is 1.65. The van der Waals surface area contributed by atoms with Crippen molar-refractivity contribution in [2.45, 2.75) is 26.7 Å². The van der Waals surface area contributed by atoms with E-state index in [0.717, 1.165) is 12.8 Å². The van der Waals surface area contributed by atoms with E-state index >= 15 is 0 Å². The third kappa shape index (κ3) is 5.07. The van der Waals surface area contributed by atoms with Gasteiger partial charge in [0.2, 0.25) is 5.91 Å². The number of ether oxygens (including phenoxy) is 1. The van der Waals surface area contributed by atoms with Gasteiger partial charge in [-0.05, 0) is 31.0 Å². The van der Waals surface area contributed by atoms with Crippen molar-refractivity contribution in [1.82, 2.24) is 5.32 Å². The van der Waals surface area contributed by atoms with Crippen LogP contribution < -0.4 is 10.1 Å². The highest BCUT2D eigenvalue weighted by Gasteiger charge is 2.13. The van der Waals surface area contributed by atoms with Gasteiger partial charge in [0.1, 0.15) is 18.2 Å². The molecular formula is C14H19ClFNO2. The maximum Gasteiger partial charge on any atom is 0.223 e. The van der Waals surface area contributed by atoms with E-state index in [1.165, 1.54) is 18.2 Å². The van der Waals surface area contributed by atoms with Crippen LogP contribution in [0.2, 0.25) is 5.02 Å². The van der Waals surface area contributed by atoms with Crippen LogP contribution in [-0.2, 0) is 4.79 Å². The van der Waals surface area contributed by atoms with Crippen LogP contribution >= 0.6 is 11.6 Å². The van der Waals surface area contributed by atoms with Crippen LogP contribution in [0.25, 0.3) is 0 Å². The second-order valence-electron chi connectivity index (χ2n) is 4.23. The van der Waals surface area contributed by atoms with Crippen LogP contribution in [-0.4, -0.2) is 19.1 Å². The summed E-state index contributed by atoms with van der Waals surface area (Å²) in [6.45, 7) is 4.69. The maximum absolute atomic E-state index is 12.8. The second kappa shape index (κ2) is 8.00. The lowest BCUT2D eigenvalue weighted by Crippen LogP contribution is -2.33. The van der Waals surface area contributed by atoms with Crippen LogP contribution in [0.15, 0.2) is 18.2 Å². The van der Waals surface area contributed by atoms with Crippen molar-refractivity contribution in [1.29, 1.82) is 0 Å². The van der Waals surface area contributed by atoms with Gasteiger partial charge in [0.15, 0.2) is 0 Å². The van der Waals surface area contributed by atoms with Gasteiger partial charge in [-0.2, -0.15) is 0 Å². The molecule has 106 valence electrons. The molecule has 19 heavy (non-hydrogen) atoms. The van der Waals surface area contributed by atoms with Crippen LogP contribution in [0.1, 0.15) is 26.7 Å². The van der Waals surface area contributed by atoms with Gasteiger partial charge in [-0.1, -0.05) is 25.4 Å². The van der Waals surface area contributed by atoms with Gasteiger partial charge >= 0.3 is 0 Å². The van der Waals surface area contributed by atoms with E-state index in [-0.39, 0.29) is 16.8 Å². The Morgan fingerprint density at radius 3 is 2.68 bits per heavy atom. The van der Waals surface area contributed by atoms with Crippen molar-refractivity contribution in [3.8, 4) is 5.75 Å². The number of halogens is 2. The van der Waals surface area contributed by atoms with E-state index in [1.807, 2.05) is 13.8 Å². The molecule has 0 radical (unpaired) electrons. The molecular weight excluding hydrogens is 269 g/mol. The molecule has 0 aliphatic heterocycles. The second-order valence-corrected chi connectivity index (χ2v) is 4.63. The van der Waals surface area contributed by atoms with Crippen LogP contribution in [0, 0.1) is 11.7 Å². The lowest BCUT2D eigenvalue weighted by molar-refractivity contribution is -0.125. The van der Waals surface area contributed by atoms with Gasteiger partial charge in [-0.3, -0.25) is 4.79 Å². The van der Waals surface area contributed by atoms with E-state index in [2.05, 4.69) is 5.32 Å². The molecule has 0 heterocycles. The molecule has 0 atom stereocenters. The monoisotopic (exact) mass is 287 g/mol. The minimum Gasteiger partial charge on any atom is -0.490 e. The Kier molecular flexibility index (Phi) is 6.64. The molecule has 1 rings (SSSR count). The first-order valence-corrected chi connectivity index (χ1v) is 6.81. The standard InChI is InChI=1S/C14H19ClFNO2/c1-3-10(4-2)14(18)17-7-8-19-13-6-5-11(16)9-12(13)15/h5-6,9-10H,3-4,7-8H2,1-2H3,(H,17,18). The third-order valence-corrected chi connectivity index (χ3v) is 3.20. The molecule has 0 aliphatic rings. The maximum atomic E-state index is 12.8. The van der Waals surface area contributed by atoms with Gasteiger partial charge in [-0.25, -0.2) is 4.39 Å². The van der Waals surface area contributed by atoms with Gasteiger partial charge in [0.25, 0.3) is 0 Å². The summed E-state index contributed by atoms with van der Waals surface area (Å²) < 4.78 is 18.2. The van der Waals surface area contributed by atoms with Crippen LogP contribution in [0.4, 0.5) is 4.39 Å². The molecule has 0 saturated heterocycles. The molecule has 1 N–H and O–H groups in total. The Morgan fingerprint density at radius 1 is 1.42 bits per heavy atom. The van der Waals surface area contributed by atoms with E-state index in [4.69, 9.17) is 16.3 Å². The summed E-state index contributed by atoms with van der Waals surface area (Å²) in [6, 6.07) is 3.95. The minimum absolute atomic E-state index is 0.0406. The topological polar surface area (TPSA) is 38.3 Å². The lowest BCUT2D eigenvalue weighted by Gasteiger charge is -2.13. The number of carbonyl (C=O) groups excluding carboxylic acids is 1. The Balaban J connectivity index is 2.33. The zero-order valence-electron chi connectivity index (χ0n) is 11.2. The van der Waals surface area contributed by atoms with Gasteiger partial charge in [-0.15, -0.1) is 0 Å². The largest absolute Gasteiger partial charge is 0.490 e. The predicted octanol–water partition coefficient (Wildman–Crippen LogP) is 3.41. The van der Waals surface area contributed by atoms with Gasteiger partial charge in [0, 0.05) is 5.92 Å². The van der Waals surface area contributed by atoms with Crippen molar-refractivity contribution in [2.75, 3.05) is 13.2 Å². The number of nitrogens with one attached hydrogen (secondary N) is 1. The fourth-order valence-electron chi connectivity index (χ4n) is 1.73. The smallest absolute Gasteiger partial charge is 0.223 e. The highest BCUT2D eigenvalue weighted by atomic mass is 35.5. The number of hydrogen-bond acceptors (Lipinski definition) is 2. The molecule has 0 bridgehead atoms. The number of benzene rings is 1. The molecule has 0 aromatic heterocycles. The minimum atomic E-state index is -0.403. The van der Waals surface area contributed by atoms with Gasteiger partial charge < -0.3 is 10.1 Å². The molecule has 0 saturated carbocycles. The average Bonchev–Trinajstić information content (AvgIpc) is 2.38. The highest BCUT2D eigenvalue weighted by molar-refractivity contribution is 6.32. The number of carbonyl (C=O) groups is 1. The Hall–Kier alpha value is -1.29. The zero-order chi connectivity index (χ0) is 14.3. The van der Waals surface area contributed by atoms with Crippen molar-refractivity contribution in [3.63, 3.8) is 0 Å². The van der Waals surface area contributed by atoms with Crippen molar-refractivity contribution in [3.05, 3.63) is 29.0 Å². The summed E-state index contributed by atoms with van der Waals surface area (Å²) in [4.78, 5) is 11.7. The van der Waals surface area contributed by atoms with E-state index in [9.17, 15) is 9.18 Å². The fraction of sp³-hybridized carbons (Fsp3) is 0.500. The molecule has 0 fully saturated rings. The first-order chi connectivity index (χ1) is 9.08. The predicted molar refractivity (Wildman–Crippen MR) is 74.0 cm³/mol. The van der Waals surface area contributed by atoms with Crippen molar-refractivity contribution >= 4 is 17.5 Å². The quantitative estimate of drug-likeness (QED) is 0.781. The van der Waals surface area contributed by atoms with Crippen LogP contribution in [0.3, 0.4) is 0 Å². The Morgan fingerprint density at radius 2 is 2.11 bits per heavy atom. The summed E-state index contributed by atoms with van der Waals surface area (Å²) in [5, 5.41) is 3.03. The van der Waals surface area contributed by atoms with Gasteiger partial charge in [0.05, 0.1) is 11.6 Å². The molecule has 1 aromatic rings. The molecule has 0 spiro atoms. The third-order valence-electron chi connectivity index (χ3n) is 2.91. The lowest BCUT2D eigenvalue weighted by atomic mass is 10.0. The van der Waals surface area contributed by atoms with E-state index in [1.54, 1.807) is 0 Å². The van der Waals surface area contributed by atoms with Crippen LogP contribution in [0.5, 0.6) is 5.75 Å². The molecule has 0 aliphatic carbocycles. The molecule has 3 nitrogen and oxygen atoms in total. The summed E-state index contributed by atoms with van der Waals surface area (Å²) >= 11 is 5.81. The molecule has 1 amide bonds. The van der Waals surface area contributed by atoms with Crippen molar-refractivity contribution < 1.29 is 13.9 Å². The number of amides is 1. The first kappa shape index (κ1) is 15.8. The fourth-order valence-corrected chi connectivity index (χ4v) is 1.95. The molecule has 1 aromatic carbocycles. The zero-order valence-corrected chi connectivity index (χ0v) is 12.0. The summed E-state index contributed by atoms with van der Waals surface area (Å²) in [7, 11) is 0. The SMILES string of the molecule is CCC(CC)C(=O)NCCOc1ccc(F)cc1Cl. The Labute approximate surface area is 118 Å². The molecule has 5 heteroatoms. The Bertz CT molecular complexity index is 422. The number of hydrogen-bond donors (Lipinski definition) is 1. The average molecular weight is 288 g/mol. The normalized spacial score (nSPS) is 10.6. The summed E-state index contributed by atoms with van der Waals surface area (Å²) in [5.74, 6) is 0.104. The number of rotatable bonds is 7.